The third-order valence-corrected chi connectivity index (χ3v) is 1.34. The summed E-state index contributed by atoms with van der Waals surface area (Å²) in [5.74, 6) is 0.720. The Bertz CT molecular complexity index is 205. The molecule has 1 heterocycles. The Morgan fingerprint density at radius 3 is 2.82 bits per heavy atom. The highest BCUT2D eigenvalue weighted by Crippen LogP contribution is 2.06. The van der Waals surface area contributed by atoms with Gasteiger partial charge in [-0.3, -0.25) is 0 Å². The number of aryl methyl sites for hydroxylation is 1. The number of rotatable bonds is 3. The zero-order valence-electron chi connectivity index (χ0n) is 7.00. The lowest BCUT2D eigenvalue weighted by Gasteiger charge is -2.01. The topological polar surface area (TPSA) is 22.1 Å². The van der Waals surface area contributed by atoms with Crippen LogP contribution < -0.4 is 4.74 Å². The standard InChI is InChI=1S/C9H13NO/c1-3-6-11-9-5-4-8(2)7-10-9/h4-5,7H,3,6H2,1-2H3. The van der Waals surface area contributed by atoms with E-state index in [-0.39, 0.29) is 0 Å². The Labute approximate surface area is 67.2 Å². The molecule has 0 atom stereocenters. The Balaban J connectivity index is 2.52. The van der Waals surface area contributed by atoms with E-state index in [4.69, 9.17) is 4.74 Å². The van der Waals surface area contributed by atoms with Crippen molar-refractivity contribution in [1.29, 1.82) is 0 Å². The van der Waals surface area contributed by atoms with Gasteiger partial charge in [-0.1, -0.05) is 13.0 Å². The van der Waals surface area contributed by atoms with E-state index >= 15 is 0 Å². The van der Waals surface area contributed by atoms with Gasteiger partial charge in [0.2, 0.25) is 5.88 Å². The van der Waals surface area contributed by atoms with Crippen LogP contribution in [0, 0.1) is 6.92 Å². The summed E-state index contributed by atoms with van der Waals surface area (Å²) in [6.45, 7) is 4.83. The van der Waals surface area contributed by atoms with Gasteiger partial charge >= 0.3 is 0 Å². The summed E-state index contributed by atoms with van der Waals surface area (Å²) in [4.78, 5) is 4.09. The molecule has 0 radical (unpaired) electrons. The molecule has 0 saturated carbocycles. The van der Waals surface area contributed by atoms with E-state index in [0.29, 0.717) is 0 Å². The third kappa shape index (κ3) is 2.58. The molecule has 0 aliphatic carbocycles. The maximum Gasteiger partial charge on any atom is 0.213 e. The van der Waals surface area contributed by atoms with Gasteiger partial charge in [0.15, 0.2) is 0 Å². The lowest BCUT2D eigenvalue weighted by Crippen LogP contribution is -1.96. The summed E-state index contributed by atoms with van der Waals surface area (Å²) >= 11 is 0. The van der Waals surface area contributed by atoms with Gasteiger partial charge < -0.3 is 4.74 Å². The second kappa shape index (κ2) is 3.96. The summed E-state index contributed by atoms with van der Waals surface area (Å²) < 4.78 is 5.30. The molecule has 0 aromatic carbocycles. The van der Waals surface area contributed by atoms with E-state index in [1.807, 2.05) is 25.3 Å². The second-order valence-electron chi connectivity index (χ2n) is 2.52. The monoisotopic (exact) mass is 151 g/mol. The van der Waals surface area contributed by atoms with Crippen molar-refractivity contribution in [3.05, 3.63) is 23.9 Å². The van der Waals surface area contributed by atoms with Crippen LogP contribution >= 0.6 is 0 Å². The molecule has 0 spiro atoms. The molecule has 60 valence electrons. The zero-order valence-corrected chi connectivity index (χ0v) is 7.00. The highest BCUT2D eigenvalue weighted by molar-refractivity contribution is 5.16. The molecular weight excluding hydrogens is 138 g/mol. The maximum atomic E-state index is 5.30. The van der Waals surface area contributed by atoms with Gasteiger partial charge in [0.1, 0.15) is 0 Å². The predicted molar refractivity (Wildman–Crippen MR) is 44.8 cm³/mol. The molecule has 1 rings (SSSR count). The van der Waals surface area contributed by atoms with Gasteiger partial charge in [0.05, 0.1) is 6.61 Å². The largest absolute Gasteiger partial charge is 0.478 e. The first-order valence-electron chi connectivity index (χ1n) is 3.88. The highest BCUT2D eigenvalue weighted by Gasteiger charge is 1.91. The van der Waals surface area contributed by atoms with E-state index < -0.39 is 0 Å². The van der Waals surface area contributed by atoms with Crippen molar-refractivity contribution >= 4 is 0 Å². The van der Waals surface area contributed by atoms with Crippen molar-refractivity contribution in [2.75, 3.05) is 6.61 Å². The van der Waals surface area contributed by atoms with Crippen LogP contribution in [0.3, 0.4) is 0 Å². The molecule has 2 nitrogen and oxygen atoms in total. The smallest absolute Gasteiger partial charge is 0.213 e. The third-order valence-electron chi connectivity index (χ3n) is 1.34. The average Bonchev–Trinajstić information content (AvgIpc) is 2.04. The van der Waals surface area contributed by atoms with Crippen LogP contribution in [-0.2, 0) is 0 Å². The summed E-state index contributed by atoms with van der Waals surface area (Å²) in [6.07, 6.45) is 2.83. The number of hydrogen-bond acceptors (Lipinski definition) is 2. The van der Waals surface area contributed by atoms with Crippen molar-refractivity contribution in [1.82, 2.24) is 4.98 Å². The van der Waals surface area contributed by atoms with Crippen LogP contribution in [-0.4, -0.2) is 11.6 Å². The Hall–Kier alpha value is -1.05. The predicted octanol–water partition coefficient (Wildman–Crippen LogP) is 2.18. The minimum atomic E-state index is 0.720. The van der Waals surface area contributed by atoms with Crippen LogP contribution in [0.15, 0.2) is 18.3 Å². The first-order valence-corrected chi connectivity index (χ1v) is 3.88. The van der Waals surface area contributed by atoms with Gasteiger partial charge in [-0.15, -0.1) is 0 Å². The van der Waals surface area contributed by atoms with Gasteiger partial charge in [-0.25, -0.2) is 4.98 Å². The SMILES string of the molecule is CCCOc1ccc(C)cn1. The quantitative estimate of drug-likeness (QED) is 0.660. The molecule has 0 amide bonds. The van der Waals surface area contributed by atoms with Crippen molar-refractivity contribution < 1.29 is 4.74 Å². The van der Waals surface area contributed by atoms with Gasteiger partial charge in [0.25, 0.3) is 0 Å². The van der Waals surface area contributed by atoms with Crippen LogP contribution in [0.2, 0.25) is 0 Å². The number of aromatic nitrogens is 1. The Morgan fingerprint density at radius 2 is 2.27 bits per heavy atom. The zero-order chi connectivity index (χ0) is 8.10. The normalized spacial score (nSPS) is 9.64. The van der Waals surface area contributed by atoms with E-state index in [9.17, 15) is 0 Å². The summed E-state index contributed by atoms with van der Waals surface area (Å²) in [5.41, 5.74) is 1.16. The molecule has 1 aromatic rings. The van der Waals surface area contributed by atoms with Crippen LogP contribution in [0.4, 0.5) is 0 Å². The van der Waals surface area contributed by atoms with Crippen LogP contribution in [0.25, 0.3) is 0 Å². The van der Waals surface area contributed by atoms with Crippen molar-refractivity contribution in [3.63, 3.8) is 0 Å². The molecule has 0 aliphatic rings. The Kier molecular flexibility index (Phi) is 2.90. The van der Waals surface area contributed by atoms with Crippen molar-refractivity contribution in [2.24, 2.45) is 0 Å². The van der Waals surface area contributed by atoms with Crippen LogP contribution in [0.5, 0.6) is 5.88 Å². The molecule has 0 unspecified atom stereocenters. The lowest BCUT2D eigenvalue weighted by atomic mass is 10.3. The summed E-state index contributed by atoms with van der Waals surface area (Å²) in [6, 6.07) is 3.89. The van der Waals surface area contributed by atoms with Crippen molar-refractivity contribution in [2.45, 2.75) is 20.3 Å². The molecular formula is C9H13NO. The number of pyridine rings is 1. The van der Waals surface area contributed by atoms with Crippen LogP contribution in [0.1, 0.15) is 18.9 Å². The molecule has 1 aromatic heterocycles. The minimum Gasteiger partial charge on any atom is -0.478 e. The first kappa shape index (κ1) is 8.05. The molecule has 2 heteroatoms. The fourth-order valence-electron chi connectivity index (χ4n) is 0.746. The Morgan fingerprint density at radius 1 is 1.45 bits per heavy atom. The lowest BCUT2D eigenvalue weighted by molar-refractivity contribution is 0.305. The van der Waals surface area contributed by atoms with E-state index in [2.05, 4.69) is 11.9 Å². The first-order chi connectivity index (χ1) is 5.33. The highest BCUT2D eigenvalue weighted by atomic mass is 16.5. The minimum absolute atomic E-state index is 0.720. The summed E-state index contributed by atoms with van der Waals surface area (Å²) in [7, 11) is 0. The van der Waals surface area contributed by atoms with E-state index in [0.717, 1.165) is 24.5 Å². The van der Waals surface area contributed by atoms with Gasteiger partial charge in [0, 0.05) is 12.3 Å². The maximum absolute atomic E-state index is 5.30. The molecule has 0 aliphatic heterocycles. The molecule has 11 heavy (non-hydrogen) atoms. The van der Waals surface area contributed by atoms with Crippen molar-refractivity contribution in [3.8, 4) is 5.88 Å². The van der Waals surface area contributed by atoms with Gasteiger partial charge in [-0.2, -0.15) is 0 Å². The molecule has 0 saturated heterocycles. The summed E-state index contributed by atoms with van der Waals surface area (Å²) in [5, 5.41) is 0. The fraction of sp³-hybridized carbons (Fsp3) is 0.444. The number of nitrogens with zero attached hydrogens (tertiary/aromatic N) is 1. The number of hydrogen-bond donors (Lipinski definition) is 0. The molecule has 0 fully saturated rings. The van der Waals surface area contributed by atoms with Gasteiger partial charge in [-0.05, 0) is 18.9 Å². The molecule has 0 N–H and O–H groups in total. The average molecular weight is 151 g/mol. The van der Waals surface area contributed by atoms with E-state index in [1.165, 1.54) is 0 Å². The van der Waals surface area contributed by atoms with E-state index in [1.54, 1.807) is 0 Å². The second-order valence-corrected chi connectivity index (χ2v) is 2.52. The number of ether oxygens (including phenoxy) is 1. The molecule has 0 bridgehead atoms. The fourth-order valence-corrected chi connectivity index (χ4v) is 0.746.